The first kappa shape index (κ1) is 20.1. The highest BCUT2D eigenvalue weighted by atomic mass is 19.4. The van der Waals surface area contributed by atoms with Crippen LogP contribution < -0.4 is 20.9 Å². The van der Waals surface area contributed by atoms with Crippen molar-refractivity contribution in [3.8, 4) is 5.75 Å². The largest absolute Gasteiger partial charge is 0.492 e. The SMILES string of the molecule is CC(Cn1cncn1)NC(=O)C1CC(COc2cccc(C(F)(F)F)c2)NN1. The van der Waals surface area contributed by atoms with Crippen LogP contribution in [0.4, 0.5) is 13.2 Å². The van der Waals surface area contributed by atoms with Crippen LogP contribution in [0.2, 0.25) is 0 Å². The third-order valence-electron chi connectivity index (χ3n) is 4.23. The highest BCUT2D eigenvalue weighted by Gasteiger charge is 2.32. The summed E-state index contributed by atoms with van der Waals surface area (Å²) >= 11 is 0. The van der Waals surface area contributed by atoms with E-state index in [1.54, 1.807) is 11.0 Å². The summed E-state index contributed by atoms with van der Waals surface area (Å²) in [5.41, 5.74) is 5.06. The summed E-state index contributed by atoms with van der Waals surface area (Å²) in [6.07, 6.45) is -0.981. The highest BCUT2D eigenvalue weighted by molar-refractivity contribution is 5.82. The molecule has 3 atom stereocenters. The second-order valence-electron chi connectivity index (χ2n) is 6.64. The van der Waals surface area contributed by atoms with Crippen molar-refractivity contribution in [2.24, 2.45) is 0 Å². The van der Waals surface area contributed by atoms with E-state index in [2.05, 4.69) is 26.3 Å². The van der Waals surface area contributed by atoms with Crippen molar-refractivity contribution < 1.29 is 22.7 Å². The van der Waals surface area contributed by atoms with Gasteiger partial charge in [0, 0.05) is 6.04 Å². The Hall–Kier alpha value is -2.66. The molecule has 1 saturated heterocycles. The molecule has 1 aliphatic rings. The van der Waals surface area contributed by atoms with Crippen LogP contribution in [0, 0.1) is 0 Å². The quantitative estimate of drug-likeness (QED) is 0.647. The van der Waals surface area contributed by atoms with E-state index < -0.39 is 17.8 Å². The Morgan fingerprint density at radius 1 is 1.43 bits per heavy atom. The summed E-state index contributed by atoms with van der Waals surface area (Å²) < 4.78 is 45.3. The molecule has 0 bridgehead atoms. The minimum absolute atomic E-state index is 0.131. The van der Waals surface area contributed by atoms with Gasteiger partial charge in [-0.05, 0) is 31.5 Å². The molecule has 2 heterocycles. The molecular weight excluding hydrogens is 377 g/mol. The summed E-state index contributed by atoms with van der Waals surface area (Å²) in [4.78, 5) is 16.2. The van der Waals surface area contributed by atoms with Gasteiger partial charge in [-0.15, -0.1) is 0 Å². The normalized spacial score (nSPS) is 20.7. The Kier molecular flexibility index (Phi) is 6.15. The van der Waals surface area contributed by atoms with E-state index >= 15 is 0 Å². The number of hydrazine groups is 1. The van der Waals surface area contributed by atoms with E-state index in [1.165, 1.54) is 18.5 Å². The first-order valence-electron chi connectivity index (χ1n) is 8.75. The van der Waals surface area contributed by atoms with Crippen LogP contribution in [-0.2, 0) is 17.5 Å². The van der Waals surface area contributed by atoms with E-state index in [9.17, 15) is 18.0 Å². The van der Waals surface area contributed by atoms with Crippen LogP contribution in [-0.4, -0.2) is 45.4 Å². The fraction of sp³-hybridized carbons (Fsp3) is 0.471. The van der Waals surface area contributed by atoms with Gasteiger partial charge >= 0.3 is 6.18 Å². The topological polar surface area (TPSA) is 93.1 Å². The highest BCUT2D eigenvalue weighted by Crippen LogP contribution is 2.31. The maximum atomic E-state index is 12.7. The smallest absolute Gasteiger partial charge is 0.416 e. The number of hydrogen-bond acceptors (Lipinski definition) is 6. The lowest BCUT2D eigenvalue weighted by Gasteiger charge is -2.16. The van der Waals surface area contributed by atoms with Gasteiger partial charge in [0.25, 0.3) is 0 Å². The second kappa shape index (κ2) is 8.57. The van der Waals surface area contributed by atoms with E-state index in [-0.39, 0.29) is 30.3 Å². The van der Waals surface area contributed by atoms with Gasteiger partial charge in [-0.1, -0.05) is 6.07 Å². The zero-order chi connectivity index (χ0) is 20.1. The van der Waals surface area contributed by atoms with Crippen LogP contribution in [0.15, 0.2) is 36.9 Å². The Bertz CT molecular complexity index is 783. The molecule has 0 saturated carbocycles. The number of rotatable bonds is 7. The number of amides is 1. The molecule has 1 fully saturated rings. The lowest BCUT2D eigenvalue weighted by molar-refractivity contribution is -0.137. The second-order valence-corrected chi connectivity index (χ2v) is 6.64. The van der Waals surface area contributed by atoms with E-state index in [1.807, 2.05) is 6.92 Å². The average Bonchev–Trinajstić information content (AvgIpc) is 3.31. The van der Waals surface area contributed by atoms with Crippen molar-refractivity contribution in [2.75, 3.05) is 6.61 Å². The van der Waals surface area contributed by atoms with E-state index in [0.717, 1.165) is 12.1 Å². The minimum Gasteiger partial charge on any atom is -0.492 e. The lowest BCUT2D eigenvalue weighted by Crippen LogP contribution is -2.47. The van der Waals surface area contributed by atoms with Gasteiger partial charge in [-0.3, -0.25) is 14.9 Å². The number of aromatic nitrogens is 3. The Balaban J connectivity index is 1.44. The molecule has 1 amide bonds. The molecule has 1 aliphatic heterocycles. The number of carbonyl (C=O) groups excluding carboxylic acids is 1. The minimum atomic E-state index is -4.42. The van der Waals surface area contributed by atoms with Crippen LogP contribution in [0.5, 0.6) is 5.75 Å². The number of ether oxygens (including phenoxy) is 1. The Morgan fingerprint density at radius 2 is 2.25 bits per heavy atom. The predicted molar refractivity (Wildman–Crippen MR) is 93.0 cm³/mol. The van der Waals surface area contributed by atoms with Gasteiger partial charge in [0.15, 0.2) is 0 Å². The molecule has 28 heavy (non-hydrogen) atoms. The lowest BCUT2D eigenvalue weighted by atomic mass is 10.1. The summed E-state index contributed by atoms with van der Waals surface area (Å²) in [5.74, 6) is -0.0485. The fourth-order valence-electron chi connectivity index (χ4n) is 2.86. The molecule has 3 rings (SSSR count). The van der Waals surface area contributed by atoms with Crippen molar-refractivity contribution in [3.63, 3.8) is 0 Å². The third kappa shape index (κ3) is 5.42. The number of nitrogens with zero attached hydrogens (tertiary/aromatic N) is 3. The number of benzene rings is 1. The van der Waals surface area contributed by atoms with Crippen LogP contribution in [0.25, 0.3) is 0 Å². The van der Waals surface area contributed by atoms with E-state index in [4.69, 9.17) is 4.74 Å². The summed E-state index contributed by atoms with van der Waals surface area (Å²) in [6, 6.07) is 3.89. The van der Waals surface area contributed by atoms with Crippen molar-refractivity contribution >= 4 is 5.91 Å². The molecule has 2 aromatic rings. The van der Waals surface area contributed by atoms with Gasteiger partial charge in [0.05, 0.1) is 18.2 Å². The molecule has 0 aliphatic carbocycles. The van der Waals surface area contributed by atoms with Crippen molar-refractivity contribution in [3.05, 3.63) is 42.5 Å². The predicted octanol–water partition coefficient (Wildman–Crippen LogP) is 1.12. The van der Waals surface area contributed by atoms with E-state index in [0.29, 0.717) is 13.0 Å². The monoisotopic (exact) mass is 398 g/mol. The molecule has 152 valence electrons. The fourth-order valence-corrected chi connectivity index (χ4v) is 2.86. The number of nitrogens with one attached hydrogen (secondary N) is 3. The summed E-state index contributed by atoms with van der Waals surface area (Å²) in [7, 11) is 0. The maximum Gasteiger partial charge on any atom is 0.416 e. The molecule has 0 spiro atoms. The third-order valence-corrected chi connectivity index (χ3v) is 4.23. The Labute approximate surface area is 159 Å². The number of carbonyl (C=O) groups is 1. The number of halogens is 3. The first-order valence-corrected chi connectivity index (χ1v) is 8.75. The molecule has 11 heteroatoms. The van der Waals surface area contributed by atoms with Crippen LogP contribution >= 0.6 is 0 Å². The number of alkyl halides is 3. The Morgan fingerprint density at radius 3 is 2.96 bits per heavy atom. The number of hydrogen-bond donors (Lipinski definition) is 3. The van der Waals surface area contributed by atoms with Gasteiger partial charge in [0.2, 0.25) is 5.91 Å². The zero-order valence-corrected chi connectivity index (χ0v) is 15.1. The van der Waals surface area contributed by atoms with Crippen LogP contribution in [0.3, 0.4) is 0 Å². The van der Waals surface area contributed by atoms with Crippen molar-refractivity contribution in [2.45, 2.75) is 44.2 Å². The van der Waals surface area contributed by atoms with Crippen molar-refractivity contribution in [1.82, 2.24) is 30.9 Å². The van der Waals surface area contributed by atoms with Gasteiger partial charge in [-0.25, -0.2) is 10.4 Å². The zero-order valence-electron chi connectivity index (χ0n) is 15.1. The van der Waals surface area contributed by atoms with Gasteiger partial charge in [0.1, 0.15) is 31.1 Å². The molecule has 1 aromatic heterocycles. The van der Waals surface area contributed by atoms with Crippen LogP contribution in [0.1, 0.15) is 18.9 Å². The first-order chi connectivity index (χ1) is 13.3. The molecule has 8 nitrogen and oxygen atoms in total. The molecule has 1 aromatic carbocycles. The molecule has 3 unspecified atom stereocenters. The summed E-state index contributed by atoms with van der Waals surface area (Å²) in [5, 5.41) is 6.87. The van der Waals surface area contributed by atoms with Crippen molar-refractivity contribution in [1.29, 1.82) is 0 Å². The molecule has 0 radical (unpaired) electrons. The van der Waals surface area contributed by atoms with Gasteiger partial charge < -0.3 is 10.1 Å². The average molecular weight is 398 g/mol. The van der Waals surface area contributed by atoms with Gasteiger partial charge in [-0.2, -0.15) is 18.3 Å². The standard InChI is InChI=1S/C17H21F3N6O2/c1-11(7-26-10-21-9-22-26)23-16(27)15-6-13(24-25-15)8-28-14-4-2-3-12(5-14)17(18,19)20/h2-5,9-11,13,15,24-25H,6-8H2,1H3,(H,23,27). The molecular formula is C17H21F3N6O2. The maximum absolute atomic E-state index is 12.7. The summed E-state index contributed by atoms with van der Waals surface area (Å²) in [6.45, 7) is 2.48. The molecule has 3 N–H and O–H groups in total.